The SMILES string of the molecule is O=C(/C=C\Nc1ccc(Cl)cc1)c1ccc2c(c1)CCCC2. The normalized spacial score (nSPS) is 13.9. The van der Waals surface area contributed by atoms with Crippen molar-refractivity contribution in [3.05, 3.63) is 76.5 Å². The van der Waals surface area contributed by atoms with E-state index in [4.69, 9.17) is 11.6 Å². The molecule has 22 heavy (non-hydrogen) atoms. The van der Waals surface area contributed by atoms with E-state index < -0.39 is 0 Å². The maximum absolute atomic E-state index is 12.2. The molecule has 0 amide bonds. The summed E-state index contributed by atoms with van der Waals surface area (Å²) in [4.78, 5) is 12.2. The number of fused-ring (bicyclic) bond motifs is 1. The number of hydrogen-bond donors (Lipinski definition) is 1. The molecule has 0 unspecified atom stereocenters. The van der Waals surface area contributed by atoms with E-state index in [1.54, 1.807) is 12.3 Å². The zero-order valence-electron chi connectivity index (χ0n) is 12.3. The van der Waals surface area contributed by atoms with Gasteiger partial charge in [-0.2, -0.15) is 0 Å². The minimum Gasteiger partial charge on any atom is -0.362 e. The fourth-order valence-corrected chi connectivity index (χ4v) is 2.87. The van der Waals surface area contributed by atoms with Gasteiger partial charge >= 0.3 is 0 Å². The molecule has 0 radical (unpaired) electrons. The summed E-state index contributed by atoms with van der Waals surface area (Å²) in [6, 6.07) is 13.4. The van der Waals surface area contributed by atoms with Crippen molar-refractivity contribution in [3.63, 3.8) is 0 Å². The quantitative estimate of drug-likeness (QED) is 0.634. The number of anilines is 1. The van der Waals surface area contributed by atoms with Crippen LogP contribution in [0.5, 0.6) is 0 Å². The van der Waals surface area contributed by atoms with E-state index in [0.29, 0.717) is 5.02 Å². The van der Waals surface area contributed by atoms with E-state index >= 15 is 0 Å². The van der Waals surface area contributed by atoms with Crippen LogP contribution in [0.15, 0.2) is 54.7 Å². The van der Waals surface area contributed by atoms with Gasteiger partial charge in [-0.05, 0) is 67.1 Å². The van der Waals surface area contributed by atoms with Gasteiger partial charge in [0.1, 0.15) is 0 Å². The zero-order valence-corrected chi connectivity index (χ0v) is 13.1. The monoisotopic (exact) mass is 311 g/mol. The highest BCUT2D eigenvalue weighted by Crippen LogP contribution is 2.22. The molecule has 0 aromatic heterocycles. The molecule has 2 aromatic rings. The number of nitrogens with one attached hydrogen (secondary N) is 1. The molecule has 1 N–H and O–H groups in total. The van der Waals surface area contributed by atoms with Crippen LogP contribution in [0.1, 0.15) is 34.3 Å². The third-order valence-electron chi connectivity index (χ3n) is 3.96. The van der Waals surface area contributed by atoms with Crippen LogP contribution in [0.25, 0.3) is 0 Å². The van der Waals surface area contributed by atoms with Gasteiger partial charge < -0.3 is 5.32 Å². The van der Waals surface area contributed by atoms with Crippen LogP contribution in [0.3, 0.4) is 0 Å². The lowest BCUT2D eigenvalue weighted by molar-refractivity contribution is 0.104. The van der Waals surface area contributed by atoms with Crippen molar-refractivity contribution in [3.8, 4) is 0 Å². The average Bonchev–Trinajstić information content (AvgIpc) is 2.56. The second-order valence-corrected chi connectivity index (χ2v) is 5.98. The molecule has 0 aliphatic heterocycles. The number of hydrogen-bond acceptors (Lipinski definition) is 2. The Morgan fingerprint density at radius 1 is 1.00 bits per heavy atom. The van der Waals surface area contributed by atoms with Crippen LogP contribution < -0.4 is 5.32 Å². The van der Waals surface area contributed by atoms with E-state index in [1.807, 2.05) is 36.4 Å². The summed E-state index contributed by atoms with van der Waals surface area (Å²) in [6.45, 7) is 0. The molecule has 1 aliphatic rings. The van der Waals surface area contributed by atoms with Gasteiger partial charge in [-0.1, -0.05) is 23.7 Å². The minimum atomic E-state index is 0.0230. The van der Waals surface area contributed by atoms with E-state index in [2.05, 4.69) is 11.4 Å². The third kappa shape index (κ3) is 3.58. The molecule has 3 heteroatoms. The van der Waals surface area contributed by atoms with Crippen molar-refractivity contribution in [2.45, 2.75) is 25.7 Å². The molecule has 0 heterocycles. The maximum atomic E-state index is 12.2. The highest BCUT2D eigenvalue weighted by Gasteiger charge is 2.11. The summed E-state index contributed by atoms with van der Waals surface area (Å²) < 4.78 is 0. The Labute approximate surface area is 135 Å². The Kier molecular flexibility index (Phi) is 4.59. The third-order valence-corrected chi connectivity index (χ3v) is 4.21. The fraction of sp³-hybridized carbons (Fsp3) is 0.211. The first-order valence-corrected chi connectivity index (χ1v) is 7.95. The molecule has 2 nitrogen and oxygen atoms in total. The van der Waals surface area contributed by atoms with Gasteiger partial charge in [-0.25, -0.2) is 0 Å². The Hall–Kier alpha value is -2.06. The van der Waals surface area contributed by atoms with E-state index in [0.717, 1.165) is 24.1 Å². The molecule has 3 rings (SSSR count). The molecule has 0 fully saturated rings. The summed E-state index contributed by atoms with van der Waals surface area (Å²) in [5.41, 5.74) is 4.39. The average molecular weight is 312 g/mol. The number of ketones is 1. The van der Waals surface area contributed by atoms with Crippen LogP contribution >= 0.6 is 11.6 Å². The first-order chi connectivity index (χ1) is 10.7. The van der Waals surface area contributed by atoms with Gasteiger partial charge in [-0.3, -0.25) is 4.79 Å². The Morgan fingerprint density at radius 2 is 1.73 bits per heavy atom. The van der Waals surface area contributed by atoms with Crippen LogP contribution in [-0.2, 0) is 12.8 Å². The van der Waals surface area contributed by atoms with Crippen LogP contribution in [0.4, 0.5) is 5.69 Å². The molecule has 1 aliphatic carbocycles. The molecule has 0 bridgehead atoms. The summed E-state index contributed by atoms with van der Waals surface area (Å²) in [6.07, 6.45) is 7.94. The van der Waals surface area contributed by atoms with Crippen LogP contribution in [0.2, 0.25) is 5.02 Å². The van der Waals surface area contributed by atoms with Gasteiger partial charge in [0, 0.05) is 28.5 Å². The summed E-state index contributed by atoms with van der Waals surface area (Å²) in [5, 5.41) is 3.77. The molecule has 0 saturated heterocycles. The molecule has 0 saturated carbocycles. The van der Waals surface area contributed by atoms with Crippen molar-refractivity contribution < 1.29 is 4.79 Å². The predicted octanol–water partition coefficient (Wildman–Crippen LogP) is 5.03. The number of benzene rings is 2. The predicted molar refractivity (Wildman–Crippen MR) is 91.6 cm³/mol. The highest BCUT2D eigenvalue weighted by molar-refractivity contribution is 6.30. The molecular weight excluding hydrogens is 294 g/mol. The number of halogens is 1. The minimum absolute atomic E-state index is 0.0230. The second-order valence-electron chi connectivity index (χ2n) is 5.54. The lowest BCUT2D eigenvalue weighted by Crippen LogP contribution is -2.05. The summed E-state index contributed by atoms with van der Waals surface area (Å²) in [7, 11) is 0. The molecule has 0 atom stereocenters. The molecule has 112 valence electrons. The number of rotatable bonds is 4. The van der Waals surface area contributed by atoms with Crippen molar-refractivity contribution in [2.75, 3.05) is 5.32 Å². The standard InChI is InChI=1S/C19H18ClNO/c20-17-7-9-18(10-8-17)21-12-11-19(22)16-6-5-14-3-1-2-4-15(14)13-16/h5-13,21H,1-4H2/b12-11-. The first-order valence-electron chi connectivity index (χ1n) is 7.57. The van der Waals surface area contributed by atoms with Crippen molar-refractivity contribution in [2.24, 2.45) is 0 Å². The molecular formula is C19H18ClNO. The number of carbonyl (C=O) groups is 1. The van der Waals surface area contributed by atoms with Gasteiger partial charge in [-0.15, -0.1) is 0 Å². The van der Waals surface area contributed by atoms with E-state index in [-0.39, 0.29) is 5.78 Å². The zero-order chi connectivity index (χ0) is 15.4. The number of aryl methyl sites for hydroxylation is 2. The Bertz CT molecular complexity index is 704. The Balaban J connectivity index is 1.66. The Morgan fingerprint density at radius 3 is 2.50 bits per heavy atom. The van der Waals surface area contributed by atoms with E-state index in [9.17, 15) is 4.79 Å². The van der Waals surface area contributed by atoms with Gasteiger partial charge in [0.2, 0.25) is 0 Å². The fourth-order valence-electron chi connectivity index (χ4n) is 2.74. The largest absolute Gasteiger partial charge is 0.362 e. The lowest BCUT2D eigenvalue weighted by atomic mass is 9.90. The van der Waals surface area contributed by atoms with Crippen molar-refractivity contribution >= 4 is 23.1 Å². The second kappa shape index (κ2) is 6.80. The van der Waals surface area contributed by atoms with Crippen molar-refractivity contribution in [1.82, 2.24) is 0 Å². The molecule has 2 aromatic carbocycles. The van der Waals surface area contributed by atoms with Crippen molar-refractivity contribution in [1.29, 1.82) is 0 Å². The van der Waals surface area contributed by atoms with Gasteiger partial charge in [0.25, 0.3) is 0 Å². The maximum Gasteiger partial charge on any atom is 0.187 e. The number of allylic oxidation sites excluding steroid dienone is 1. The first kappa shape index (κ1) is 14.9. The van der Waals surface area contributed by atoms with Gasteiger partial charge in [0.15, 0.2) is 5.78 Å². The lowest BCUT2D eigenvalue weighted by Gasteiger charge is -2.15. The topological polar surface area (TPSA) is 29.1 Å². The van der Waals surface area contributed by atoms with E-state index in [1.165, 1.54) is 24.0 Å². The summed E-state index contributed by atoms with van der Waals surface area (Å²) in [5.74, 6) is 0.0230. The number of carbonyl (C=O) groups excluding carboxylic acids is 1. The highest BCUT2D eigenvalue weighted by atomic mass is 35.5. The summed E-state index contributed by atoms with van der Waals surface area (Å²) >= 11 is 5.83. The van der Waals surface area contributed by atoms with Crippen LogP contribution in [-0.4, -0.2) is 5.78 Å². The molecule has 0 spiro atoms. The van der Waals surface area contributed by atoms with Gasteiger partial charge in [0.05, 0.1) is 0 Å². The smallest absolute Gasteiger partial charge is 0.187 e. The van der Waals surface area contributed by atoms with Crippen LogP contribution in [0, 0.1) is 0 Å².